The summed E-state index contributed by atoms with van der Waals surface area (Å²) in [5, 5.41) is 3.38. The smallest absolute Gasteiger partial charge is 0.111 e. The number of nitrogens with one attached hydrogen (secondary N) is 2. The van der Waals surface area contributed by atoms with Gasteiger partial charge in [0.15, 0.2) is 0 Å². The molecule has 1 fully saturated rings. The first-order valence-corrected chi connectivity index (χ1v) is 6.70. The van der Waals surface area contributed by atoms with Gasteiger partial charge in [-0.25, -0.2) is 4.98 Å². The Labute approximate surface area is 107 Å². The number of hydrogen-bond donors (Lipinski definition) is 2. The summed E-state index contributed by atoms with van der Waals surface area (Å²) < 4.78 is 0. The maximum atomic E-state index is 4.68. The summed E-state index contributed by atoms with van der Waals surface area (Å²) in [5.74, 6) is 1.56. The molecule has 0 amide bonds. The van der Waals surface area contributed by atoms with Gasteiger partial charge in [0.1, 0.15) is 5.82 Å². The molecule has 1 unspecified atom stereocenters. The molecular formula is C14H20N4. The lowest BCUT2D eigenvalue weighted by Gasteiger charge is -2.29. The van der Waals surface area contributed by atoms with Crippen LogP contribution < -0.4 is 5.32 Å². The fraction of sp³-hybridized carbons (Fsp3) is 0.500. The first-order valence-electron chi connectivity index (χ1n) is 6.70. The number of hydrogen-bond acceptors (Lipinski definition) is 3. The summed E-state index contributed by atoms with van der Waals surface area (Å²) in [6.07, 6.45) is 0. The SMILES string of the molecule is CC(CN1CCNCC1)c1nc2ccccc2[nH]1. The second-order valence-corrected chi connectivity index (χ2v) is 5.09. The molecule has 0 saturated carbocycles. The van der Waals surface area contributed by atoms with Crippen molar-refractivity contribution >= 4 is 11.0 Å². The number of H-pyrrole nitrogens is 1. The van der Waals surface area contributed by atoms with Crippen molar-refractivity contribution in [2.24, 2.45) is 0 Å². The average Bonchev–Trinajstić information content (AvgIpc) is 2.84. The number of rotatable bonds is 3. The van der Waals surface area contributed by atoms with Crippen LogP contribution in [-0.2, 0) is 0 Å². The van der Waals surface area contributed by atoms with Gasteiger partial charge in [-0.1, -0.05) is 19.1 Å². The Morgan fingerprint density at radius 1 is 1.28 bits per heavy atom. The van der Waals surface area contributed by atoms with Crippen LogP contribution in [0.25, 0.3) is 11.0 Å². The van der Waals surface area contributed by atoms with E-state index in [0.29, 0.717) is 5.92 Å². The van der Waals surface area contributed by atoms with Crippen LogP contribution in [0.4, 0.5) is 0 Å². The standard InChI is InChI=1S/C14H20N4/c1-11(10-18-8-6-15-7-9-18)14-16-12-4-2-3-5-13(12)17-14/h2-5,11,15H,6-10H2,1H3,(H,16,17). The maximum Gasteiger partial charge on any atom is 0.111 e. The molecule has 96 valence electrons. The number of benzene rings is 1. The molecule has 4 heteroatoms. The first kappa shape index (κ1) is 11.7. The summed E-state index contributed by atoms with van der Waals surface area (Å²) in [5.41, 5.74) is 2.21. The highest BCUT2D eigenvalue weighted by molar-refractivity contribution is 5.74. The predicted molar refractivity (Wildman–Crippen MR) is 73.8 cm³/mol. The number of nitrogens with zero attached hydrogens (tertiary/aromatic N) is 2. The van der Waals surface area contributed by atoms with Crippen molar-refractivity contribution in [2.75, 3.05) is 32.7 Å². The van der Waals surface area contributed by atoms with Gasteiger partial charge in [-0.3, -0.25) is 0 Å². The topological polar surface area (TPSA) is 44.0 Å². The molecule has 0 aliphatic carbocycles. The first-order chi connectivity index (χ1) is 8.83. The third-order valence-electron chi connectivity index (χ3n) is 3.62. The normalized spacial score (nSPS) is 19.2. The highest BCUT2D eigenvalue weighted by atomic mass is 15.2. The van der Waals surface area contributed by atoms with Gasteiger partial charge in [0, 0.05) is 38.6 Å². The van der Waals surface area contributed by atoms with Crippen molar-refractivity contribution in [3.8, 4) is 0 Å². The summed E-state index contributed by atoms with van der Waals surface area (Å²) in [7, 11) is 0. The molecule has 1 atom stereocenters. The molecule has 2 aromatic rings. The number of fused-ring (bicyclic) bond motifs is 1. The summed E-state index contributed by atoms with van der Waals surface area (Å²) in [6.45, 7) is 7.83. The Kier molecular flexibility index (Phi) is 3.30. The Balaban J connectivity index is 1.72. The van der Waals surface area contributed by atoms with E-state index in [0.717, 1.165) is 49.6 Å². The Hall–Kier alpha value is -1.39. The van der Waals surface area contributed by atoms with Crippen molar-refractivity contribution in [3.63, 3.8) is 0 Å². The van der Waals surface area contributed by atoms with E-state index in [4.69, 9.17) is 0 Å². The Morgan fingerprint density at radius 3 is 2.83 bits per heavy atom. The van der Waals surface area contributed by atoms with Crippen molar-refractivity contribution in [2.45, 2.75) is 12.8 Å². The van der Waals surface area contributed by atoms with E-state index in [1.54, 1.807) is 0 Å². The highest BCUT2D eigenvalue weighted by Gasteiger charge is 2.16. The molecule has 1 aromatic carbocycles. The fourth-order valence-corrected chi connectivity index (χ4v) is 2.57. The van der Waals surface area contributed by atoms with E-state index < -0.39 is 0 Å². The van der Waals surface area contributed by atoms with Crippen LogP contribution in [0.3, 0.4) is 0 Å². The maximum absolute atomic E-state index is 4.68. The second kappa shape index (κ2) is 5.08. The van der Waals surface area contributed by atoms with Crippen LogP contribution in [0.5, 0.6) is 0 Å². The molecule has 1 saturated heterocycles. The molecule has 1 aliphatic heterocycles. The predicted octanol–water partition coefficient (Wildman–Crippen LogP) is 1.57. The van der Waals surface area contributed by atoms with Crippen molar-refractivity contribution in [1.82, 2.24) is 20.2 Å². The minimum absolute atomic E-state index is 0.454. The molecule has 2 N–H and O–H groups in total. The lowest BCUT2D eigenvalue weighted by atomic mass is 10.1. The lowest BCUT2D eigenvalue weighted by Crippen LogP contribution is -2.44. The molecule has 2 heterocycles. The largest absolute Gasteiger partial charge is 0.342 e. The van der Waals surface area contributed by atoms with Crippen LogP contribution >= 0.6 is 0 Å². The highest BCUT2D eigenvalue weighted by Crippen LogP contribution is 2.18. The van der Waals surface area contributed by atoms with Gasteiger partial charge in [-0.2, -0.15) is 0 Å². The molecule has 0 bridgehead atoms. The Bertz CT molecular complexity index is 480. The monoisotopic (exact) mass is 244 g/mol. The fourth-order valence-electron chi connectivity index (χ4n) is 2.57. The molecule has 1 aromatic heterocycles. The Morgan fingerprint density at radius 2 is 2.06 bits per heavy atom. The molecule has 1 aliphatic rings. The zero-order chi connectivity index (χ0) is 12.4. The van der Waals surface area contributed by atoms with Gasteiger partial charge < -0.3 is 15.2 Å². The van der Waals surface area contributed by atoms with Gasteiger partial charge >= 0.3 is 0 Å². The zero-order valence-electron chi connectivity index (χ0n) is 10.8. The van der Waals surface area contributed by atoms with Crippen molar-refractivity contribution in [3.05, 3.63) is 30.1 Å². The number of para-hydroxylation sites is 2. The number of aromatic nitrogens is 2. The number of imidazole rings is 1. The van der Waals surface area contributed by atoms with Crippen LogP contribution in [0, 0.1) is 0 Å². The average molecular weight is 244 g/mol. The van der Waals surface area contributed by atoms with Gasteiger partial charge in [0.05, 0.1) is 11.0 Å². The molecule has 18 heavy (non-hydrogen) atoms. The van der Waals surface area contributed by atoms with Gasteiger partial charge in [-0.15, -0.1) is 0 Å². The quantitative estimate of drug-likeness (QED) is 0.861. The molecular weight excluding hydrogens is 224 g/mol. The van der Waals surface area contributed by atoms with Gasteiger partial charge in [0.25, 0.3) is 0 Å². The molecule has 0 radical (unpaired) electrons. The van der Waals surface area contributed by atoms with E-state index in [1.165, 1.54) is 0 Å². The third kappa shape index (κ3) is 2.40. The van der Waals surface area contributed by atoms with E-state index >= 15 is 0 Å². The second-order valence-electron chi connectivity index (χ2n) is 5.09. The molecule has 4 nitrogen and oxygen atoms in total. The van der Waals surface area contributed by atoms with E-state index in [-0.39, 0.29) is 0 Å². The van der Waals surface area contributed by atoms with Gasteiger partial charge in [-0.05, 0) is 12.1 Å². The van der Waals surface area contributed by atoms with Crippen molar-refractivity contribution < 1.29 is 0 Å². The summed E-state index contributed by atoms with van der Waals surface area (Å²) in [6, 6.07) is 8.23. The minimum atomic E-state index is 0.454. The lowest BCUT2D eigenvalue weighted by molar-refractivity contribution is 0.229. The summed E-state index contributed by atoms with van der Waals surface area (Å²) in [4.78, 5) is 10.6. The van der Waals surface area contributed by atoms with Crippen LogP contribution in [-0.4, -0.2) is 47.6 Å². The van der Waals surface area contributed by atoms with E-state index in [1.807, 2.05) is 12.1 Å². The van der Waals surface area contributed by atoms with E-state index in [9.17, 15) is 0 Å². The van der Waals surface area contributed by atoms with Crippen molar-refractivity contribution in [1.29, 1.82) is 0 Å². The van der Waals surface area contributed by atoms with Gasteiger partial charge in [0.2, 0.25) is 0 Å². The molecule has 3 rings (SSSR count). The van der Waals surface area contributed by atoms with Crippen LogP contribution in [0.1, 0.15) is 18.7 Å². The molecule has 0 spiro atoms. The third-order valence-corrected chi connectivity index (χ3v) is 3.62. The minimum Gasteiger partial charge on any atom is -0.342 e. The summed E-state index contributed by atoms with van der Waals surface area (Å²) >= 11 is 0. The number of piperazine rings is 1. The van der Waals surface area contributed by atoms with Crippen LogP contribution in [0.15, 0.2) is 24.3 Å². The van der Waals surface area contributed by atoms with E-state index in [2.05, 4.69) is 39.2 Å². The van der Waals surface area contributed by atoms with Crippen LogP contribution in [0.2, 0.25) is 0 Å². The number of aromatic amines is 1. The zero-order valence-corrected chi connectivity index (χ0v) is 10.8.